The second-order valence-corrected chi connectivity index (χ2v) is 5.86. The van der Waals surface area contributed by atoms with Gasteiger partial charge in [-0.25, -0.2) is 0 Å². The number of ether oxygens (including phenoxy) is 1. The SMILES string of the molecule is CCNC(C)c1ccc(-c2ccc3c(c2)CC(C)O3)cc1. The van der Waals surface area contributed by atoms with E-state index in [0.717, 1.165) is 18.7 Å². The number of fused-ring (bicyclic) bond motifs is 1. The smallest absolute Gasteiger partial charge is 0.123 e. The monoisotopic (exact) mass is 281 g/mol. The van der Waals surface area contributed by atoms with E-state index in [1.165, 1.54) is 22.3 Å². The molecule has 0 aliphatic carbocycles. The highest BCUT2D eigenvalue weighted by atomic mass is 16.5. The Morgan fingerprint density at radius 2 is 1.86 bits per heavy atom. The molecule has 0 saturated heterocycles. The summed E-state index contributed by atoms with van der Waals surface area (Å²) in [5.74, 6) is 1.05. The minimum Gasteiger partial charge on any atom is -0.490 e. The standard InChI is InChI=1S/C19H23NO/c1-4-20-14(3)15-5-7-16(8-6-15)17-9-10-19-18(12-17)11-13(2)21-19/h5-10,12-14,20H,4,11H2,1-3H3. The van der Waals surface area contributed by atoms with Crippen molar-refractivity contribution in [1.29, 1.82) is 0 Å². The zero-order valence-corrected chi connectivity index (χ0v) is 13.0. The van der Waals surface area contributed by atoms with Crippen molar-refractivity contribution in [2.24, 2.45) is 0 Å². The van der Waals surface area contributed by atoms with Crippen LogP contribution >= 0.6 is 0 Å². The van der Waals surface area contributed by atoms with E-state index in [0.29, 0.717) is 12.1 Å². The highest BCUT2D eigenvalue weighted by Crippen LogP contribution is 2.33. The van der Waals surface area contributed by atoms with Gasteiger partial charge in [-0.3, -0.25) is 0 Å². The third-order valence-electron chi connectivity index (χ3n) is 4.15. The molecule has 0 fully saturated rings. The number of rotatable bonds is 4. The molecule has 0 amide bonds. The maximum absolute atomic E-state index is 5.77. The summed E-state index contributed by atoms with van der Waals surface area (Å²) in [6.45, 7) is 7.45. The summed E-state index contributed by atoms with van der Waals surface area (Å²) in [5.41, 5.74) is 5.20. The maximum atomic E-state index is 5.77. The maximum Gasteiger partial charge on any atom is 0.123 e. The van der Waals surface area contributed by atoms with Crippen LogP contribution in [0.25, 0.3) is 11.1 Å². The molecule has 0 saturated carbocycles. The number of nitrogens with one attached hydrogen (secondary N) is 1. The van der Waals surface area contributed by atoms with Crippen LogP contribution in [-0.2, 0) is 6.42 Å². The van der Waals surface area contributed by atoms with Crippen LogP contribution < -0.4 is 10.1 Å². The first kappa shape index (κ1) is 14.2. The lowest BCUT2D eigenvalue weighted by molar-refractivity contribution is 0.254. The molecule has 1 aliphatic rings. The van der Waals surface area contributed by atoms with Crippen LogP contribution in [0.4, 0.5) is 0 Å². The van der Waals surface area contributed by atoms with Gasteiger partial charge < -0.3 is 10.1 Å². The Morgan fingerprint density at radius 3 is 2.57 bits per heavy atom. The molecule has 1 heterocycles. The summed E-state index contributed by atoms with van der Waals surface area (Å²) in [6, 6.07) is 15.8. The zero-order valence-electron chi connectivity index (χ0n) is 13.0. The minimum atomic E-state index is 0.304. The van der Waals surface area contributed by atoms with Gasteiger partial charge in [0.25, 0.3) is 0 Å². The average molecular weight is 281 g/mol. The van der Waals surface area contributed by atoms with Crippen LogP contribution in [-0.4, -0.2) is 12.6 Å². The van der Waals surface area contributed by atoms with E-state index in [1.807, 2.05) is 0 Å². The van der Waals surface area contributed by atoms with E-state index in [-0.39, 0.29) is 0 Å². The Morgan fingerprint density at radius 1 is 1.14 bits per heavy atom. The van der Waals surface area contributed by atoms with Gasteiger partial charge in [0.05, 0.1) is 0 Å². The van der Waals surface area contributed by atoms with Crippen molar-refractivity contribution in [2.45, 2.75) is 39.3 Å². The number of hydrogen-bond donors (Lipinski definition) is 1. The number of benzene rings is 2. The van der Waals surface area contributed by atoms with Gasteiger partial charge in [-0.15, -0.1) is 0 Å². The molecule has 2 aromatic rings. The quantitative estimate of drug-likeness (QED) is 0.899. The molecule has 0 aromatic heterocycles. The van der Waals surface area contributed by atoms with Crippen LogP contribution in [0.3, 0.4) is 0 Å². The molecule has 1 aliphatic heterocycles. The molecule has 2 nitrogen and oxygen atoms in total. The molecule has 0 spiro atoms. The zero-order chi connectivity index (χ0) is 14.8. The topological polar surface area (TPSA) is 21.3 Å². The largest absolute Gasteiger partial charge is 0.490 e. The normalized spacial score (nSPS) is 18.1. The first-order valence-corrected chi connectivity index (χ1v) is 7.80. The summed E-state index contributed by atoms with van der Waals surface area (Å²) in [4.78, 5) is 0. The Hall–Kier alpha value is -1.80. The molecule has 0 radical (unpaired) electrons. The second-order valence-electron chi connectivity index (χ2n) is 5.86. The van der Waals surface area contributed by atoms with E-state index in [9.17, 15) is 0 Å². The van der Waals surface area contributed by atoms with Gasteiger partial charge in [0, 0.05) is 12.5 Å². The summed E-state index contributed by atoms with van der Waals surface area (Å²) in [7, 11) is 0. The number of hydrogen-bond acceptors (Lipinski definition) is 2. The molecule has 2 aromatic carbocycles. The Balaban J connectivity index is 1.83. The molecule has 2 heteroatoms. The summed E-state index contributed by atoms with van der Waals surface area (Å²) in [6.07, 6.45) is 1.32. The summed E-state index contributed by atoms with van der Waals surface area (Å²) >= 11 is 0. The lowest BCUT2D eigenvalue weighted by Crippen LogP contribution is -2.17. The van der Waals surface area contributed by atoms with Gasteiger partial charge in [-0.1, -0.05) is 37.3 Å². The Kier molecular flexibility index (Phi) is 3.98. The van der Waals surface area contributed by atoms with E-state index in [1.54, 1.807) is 0 Å². The molecule has 2 unspecified atom stereocenters. The molecule has 2 atom stereocenters. The summed E-state index contributed by atoms with van der Waals surface area (Å²) in [5, 5.41) is 3.44. The van der Waals surface area contributed by atoms with Crippen molar-refractivity contribution >= 4 is 0 Å². The van der Waals surface area contributed by atoms with Crippen LogP contribution in [0.15, 0.2) is 42.5 Å². The van der Waals surface area contributed by atoms with Crippen LogP contribution in [0.2, 0.25) is 0 Å². The van der Waals surface area contributed by atoms with Gasteiger partial charge in [0.1, 0.15) is 11.9 Å². The fourth-order valence-electron chi connectivity index (χ4n) is 2.99. The first-order chi connectivity index (χ1) is 10.2. The van der Waals surface area contributed by atoms with Crippen molar-refractivity contribution < 1.29 is 4.74 Å². The Labute approximate surface area is 127 Å². The van der Waals surface area contributed by atoms with Crippen LogP contribution in [0, 0.1) is 0 Å². The van der Waals surface area contributed by atoms with Gasteiger partial charge in [-0.2, -0.15) is 0 Å². The fourth-order valence-corrected chi connectivity index (χ4v) is 2.99. The molecule has 3 rings (SSSR count). The van der Waals surface area contributed by atoms with E-state index < -0.39 is 0 Å². The van der Waals surface area contributed by atoms with Gasteiger partial charge in [0.15, 0.2) is 0 Å². The lowest BCUT2D eigenvalue weighted by atomic mass is 9.99. The fraction of sp³-hybridized carbons (Fsp3) is 0.368. The van der Waals surface area contributed by atoms with Crippen molar-refractivity contribution in [2.75, 3.05) is 6.54 Å². The van der Waals surface area contributed by atoms with E-state index in [4.69, 9.17) is 4.74 Å². The van der Waals surface area contributed by atoms with Gasteiger partial charge >= 0.3 is 0 Å². The third kappa shape index (κ3) is 2.96. The molecule has 21 heavy (non-hydrogen) atoms. The highest BCUT2D eigenvalue weighted by Gasteiger charge is 2.19. The van der Waals surface area contributed by atoms with Crippen molar-refractivity contribution in [3.05, 3.63) is 53.6 Å². The van der Waals surface area contributed by atoms with Gasteiger partial charge in [-0.05, 0) is 54.8 Å². The Bertz CT molecular complexity index is 618. The molecular formula is C19H23NO. The van der Waals surface area contributed by atoms with Crippen molar-refractivity contribution in [3.63, 3.8) is 0 Å². The third-order valence-corrected chi connectivity index (χ3v) is 4.15. The van der Waals surface area contributed by atoms with Crippen molar-refractivity contribution in [1.82, 2.24) is 5.32 Å². The summed E-state index contributed by atoms with van der Waals surface area (Å²) < 4.78 is 5.77. The van der Waals surface area contributed by atoms with Gasteiger partial charge in [0.2, 0.25) is 0 Å². The van der Waals surface area contributed by atoms with Crippen molar-refractivity contribution in [3.8, 4) is 16.9 Å². The van der Waals surface area contributed by atoms with E-state index in [2.05, 4.69) is 68.6 Å². The van der Waals surface area contributed by atoms with Crippen LogP contribution in [0.5, 0.6) is 5.75 Å². The minimum absolute atomic E-state index is 0.304. The second kappa shape index (κ2) is 5.90. The first-order valence-electron chi connectivity index (χ1n) is 7.80. The van der Waals surface area contributed by atoms with Crippen LogP contribution in [0.1, 0.15) is 37.9 Å². The average Bonchev–Trinajstić information content (AvgIpc) is 2.86. The lowest BCUT2D eigenvalue weighted by Gasteiger charge is -2.13. The molecular weight excluding hydrogens is 258 g/mol. The predicted molar refractivity (Wildman–Crippen MR) is 87.8 cm³/mol. The molecule has 1 N–H and O–H groups in total. The molecule has 0 bridgehead atoms. The van der Waals surface area contributed by atoms with E-state index >= 15 is 0 Å². The predicted octanol–water partition coefficient (Wildman–Crippen LogP) is 4.35. The highest BCUT2D eigenvalue weighted by molar-refractivity contribution is 5.66. The molecule has 110 valence electrons.